The van der Waals surface area contributed by atoms with E-state index in [-0.39, 0.29) is 36.0 Å². The normalized spacial score (nSPS) is 19.3. The number of amides is 1. The number of halogens is 1. The van der Waals surface area contributed by atoms with E-state index >= 15 is 0 Å². The van der Waals surface area contributed by atoms with Gasteiger partial charge in [-0.25, -0.2) is 9.67 Å². The van der Waals surface area contributed by atoms with Crippen molar-refractivity contribution in [3.63, 3.8) is 0 Å². The van der Waals surface area contributed by atoms with E-state index < -0.39 is 0 Å². The average Bonchev–Trinajstić information content (AvgIpc) is 3.49. The number of nitrogens with one attached hydrogen (secondary N) is 1. The molecule has 0 bridgehead atoms. The Balaban J connectivity index is 0.00000272. The second-order valence-electron chi connectivity index (χ2n) is 7.57. The molecule has 1 unspecified atom stereocenters. The Morgan fingerprint density at radius 2 is 1.90 bits per heavy atom. The third kappa shape index (κ3) is 5.97. The molecule has 1 N–H and O–H groups in total. The number of benzene rings is 1. The second-order valence-corrected chi connectivity index (χ2v) is 7.57. The van der Waals surface area contributed by atoms with Gasteiger partial charge in [-0.2, -0.15) is 5.10 Å². The maximum atomic E-state index is 12.6. The fourth-order valence-corrected chi connectivity index (χ4v) is 3.87. The largest absolute Gasteiger partial charge is 0.368 e. The molecule has 2 fully saturated rings. The fraction of sp³-hybridized carbons (Fsp3) is 0.500. The maximum absolute atomic E-state index is 12.6. The Kier molecular flexibility index (Phi) is 8.70. The van der Waals surface area contributed by atoms with Gasteiger partial charge < -0.3 is 19.9 Å². The standard InChI is InChI=1S/C22H30N6O2.HI/c1-2-23-22(24-17-18-10-11-28(25-18)19-7-4-3-5-8-19)27-14-12-26(13-15-27)21(29)20-9-6-16-30-20;/h3-5,7-8,10-11,20H,2,6,9,12-17H2,1H3,(H,23,24);1H. The number of guanidine groups is 1. The number of aliphatic imine (C=N–C) groups is 1. The van der Waals surface area contributed by atoms with Gasteiger partial charge in [-0.3, -0.25) is 4.79 Å². The van der Waals surface area contributed by atoms with Crippen LogP contribution in [-0.2, 0) is 16.1 Å². The predicted molar refractivity (Wildman–Crippen MR) is 131 cm³/mol. The summed E-state index contributed by atoms with van der Waals surface area (Å²) in [7, 11) is 0. The Bertz CT molecular complexity index is 858. The summed E-state index contributed by atoms with van der Waals surface area (Å²) in [4.78, 5) is 21.5. The van der Waals surface area contributed by atoms with Gasteiger partial charge in [-0.15, -0.1) is 24.0 Å². The first-order valence-electron chi connectivity index (χ1n) is 10.8. The molecule has 0 aliphatic carbocycles. The highest BCUT2D eigenvalue weighted by atomic mass is 127. The SMILES string of the molecule is CCNC(=NCc1ccn(-c2ccccc2)n1)N1CCN(C(=O)C2CCCO2)CC1.I. The fourth-order valence-electron chi connectivity index (χ4n) is 3.87. The monoisotopic (exact) mass is 538 g/mol. The summed E-state index contributed by atoms with van der Waals surface area (Å²) in [6.07, 6.45) is 3.55. The lowest BCUT2D eigenvalue weighted by Gasteiger charge is -2.37. The summed E-state index contributed by atoms with van der Waals surface area (Å²) in [6.45, 7) is 7.01. The highest BCUT2D eigenvalue weighted by Gasteiger charge is 2.30. The van der Waals surface area contributed by atoms with Gasteiger partial charge in [0.25, 0.3) is 5.91 Å². The molecule has 2 saturated heterocycles. The summed E-state index contributed by atoms with van der Waals surface area (Å²) in [5.41, 5.74) is 1.95. The number of carbonyl (C=O) groups excluding carboxylic acids is 1. The molecular weight excluding hydrogens is 507 g/mol. The molecule has 2 aromatic rings. The number of rotatable bonds is 5. The zero-order chi connectivity index (χ0) is 20.8. The summed E-state index contributed by atoms with van der Waals surface area (Å²) < 4.78 is 7.42. The zero-order valence-electron chi connectivity index (χ0n) is 17.9. The van der Waals surface area contributed by atoms with Gasteiger partial charge in [0.15, 0.2) is 5.96 Å². The van der Waals surface area contributed by atoms with Gasteiger partial charge in [0.05, 0.1) is 17.9 Å². The van der Waals surface area contributed by atoms with Crippen molar-refractivity contribution in [2.75, 3.05) is 39.3 Å². The molecule has 8 nitrogen and oxygen atoms in total. The van der Waals surface area contributed by atoms with Crippen LogP contribution in [0.3, 0.4) is 0 Å². The number of hydrogen-bond donors (Lipinski definition) is 1. The lowest BCUT2D eigenvalue weighted by atomic mass is 10.2. The van der Waals surface area contributed by atoms with E-state index in [1.165, 1.54) is 0 Å². The van der Waals surface area contributed by atoms with Crippen LogP contribution < -0.4 is 5.32 Å². The molecule has 0 radical (unpaired) electrons. The molecule has 4 rings (SSSR count). The maximum Gasteiger partial charge on any atom is 0.251 e. The first-order valence-corrected chi connectivity index (χ1v) is 10.8. The van der Waals surface area contributed by atoms with Crippen LogP contribution in [0.15, 0.2) is 47.6 Å². The molecule has 2 aliphatic rings. The quantitative estimate of drug-likeness (QED) is 0.360. The van der Waals surface area contributed by atoms with Gasteiger partial charge in [-0.1, -0.05) is 18.2 Å². The number of ether oxygens (including phenoxy) is 1. The molecule has 2 aliphatic heterocycles. The van der Waals surface area contributed by atoms with Gasteiger partial charge in [0.2, 0.25) is 0 Å². The molecule has 1 aromatic heterocycles. The first-order chi connectivity index (χ1) is 14.7. The highest BCUT2D eigenvalue weighted by molar-refractivity contribution is 14.0. The minimum Gasteiger partial charge on any atom is -0.368 e. The molecule has 0 saturated carbocycles. The van der Waals surface area contributed by atoms with E-state index in [2.05, 4.69) is 22.2 Å². The van der Waals surface area contributed by atoms with Gasteiger partial charge in [-0.05, 0) is 38.0 Å². The van der Waals surface area contributed by atoms with E-state index in [9.17, 15) is 4.79 Å². The van der Waals surface area contributed by atoms with Crippen molar-refractivity contribution in [3.8, 4) is 5.69 Å². The van der Waals surface area contributed by atoms with Crippen molar-refractivity contribution in [1.82, 2.24) is 24.9 Å². The Morgan fingerprint density at radius 1 is 1.16 bits per heavy atom. The van der Waals surface area contributed by atoms with E-state index in [4.69, 9.17) is 9.73 Å². The molecule has 0 spiro atoms. The molecule has 168 valence electrons. The van der Waals surface area contributed by atoms with E-state index in [1.54, 1.807) is 0 Å². The molecule has 9 heteroatoms. The number of carbonyl (C=O) groups is 1. The van der Waals surface area contributed by atoms with E-state index in [0.29, 0.717) is 26.2 Å². The summed E-state index contributed by atoms with van der Waals surface area (Å²) in [5, 5.41) is 8.01. The van der Waals surface area contributed by atoms with Crippen LogP contribution in [0.4, 0.5) is 0 Å². The topological polar surface area (TPSA) is 75.0 Å². The van der Waals surface area contributed by atoms with Crippen LogP contribution in [0.5, 0.6) is 0 Å². The van der Waals surface area contributed by atoms with Crippen molar-refractivity contribution in [2.24, 2.45) is 4.99 Å². The summed E-state index contributed by atoms with van der Waals surface area (Å²) >= 11 is 0. The molecule has 1 amide bonds. The van der Waals surface area contributed by atoms with Gasteiger partial charge >= 0.3 is 0 Å². The predicted octanol–water partition coefficient (Wildman–Crippen LogP) is 2.28. The molecule has 1 aromatic carbocycles. The Hall–Kier alpha value is -2.14. The minimum absolute atomic E-state index is 0. The summed E-state index contributed by atoms with van der Waals surface area (Å²) in [5.74, 6) is 1.01. The average molecular weight is 538 g/mol. The third-order valence-electron chi connectivity index (χ3n) is 5.49. The number of piperazine rings is 1. The van der Waals surface area contributed by atoms with E-state index in [1.807, 2.05) is 52.2 Å². The lowest BCUT2D eigenvalue weighted by Crippen LogP contribution is -2.55. The number of aromatic nitrogens is 2. The van der Waals surface area contributed by atoms with Crippen LogP contribution in [0, 0.1) is 0 Å². The van der Waals surface area contributed by atoms with Crippen LogP contribution >= 0.6 is 24.0 Å². The van der Waals surface area contributed by atoms with Crippen LogP contribution in [0.2, 0.25) is 0 Å². The number of nitrogens with zero attached hydrogens (tertiary/aromatic N) is 5. The van der Waals surface area contributed by atoms with Crippen molar-refractivity contribution >= 4 is 35.8 Å². The van der Waals surface area contributed by atoms with Gasteiger partial charge in [0.1, 0.15) is 6.10 Å². The molecule has 1 atom stereocenters. The zero-order valence-corrected chi connectivity index (χ0v) is 20.3. The van der Waals surface area contributed by atoms with Crippen LogP contribution in [0.1, 0.15) is 25.5 Å². The molecule has 3 heterocycles. The third-order valence-corrected chi connectivity index (χ3v) is 5.49. The Morgan fingerprint density at radius 3 is 2.58 bits per heavy atom. The number of para-hydroxylation sites is 1. The first kappa shape index (κ1) is 23.5. The lowest BCUT2D eigenvalue weighted by molar-refractivity contribution is -0.142. The van der Waals surface area contributed by atoms with Crippen molar-refractivity contribution in [1.29, 1.82) is 0 Å². The van der Waals surface area contributed by atoms with Crippen LogP contribution in [-0.4, -0.2) is 76.9 Å². The van der Waals surface area contributed by atoms with Crippen molar-refractivity contribution in [2.45, 2.75) is 32.4 Å². The van der Waals surface area contributed by atoms with Gasteiger partial charge in [0, 0.05) is 45.5 Å². The van der Waals surface area contributed by atoms with E-state index in [0.717, 1.165) is 49.8 Å². The number of hydrogen-bond acceptors (Lipinski definition) is 4. The molecular formula is C22H31IN6O2. The highest BCUT2D eigenvalue weighted by Crippen LogP contribution is 2.16. The second kappa shape index (κ2) is 11.5. The minimum atomic E-state index is -0.238. The Labute approximate surface area is 200 Å². The molecule has 31 heavy (non-hydrogen) atoms. The van der Waals surface area contributed by atoms with Crippen molar-refractivity contribution in [3.05, 3.63) is 48.3 Å². The smallest absolute Gasteiger partial charge is 0.251 e. The summed E-state index contributed by atoms with van der Waals surface area (Å²) in [6, 6.07) is 12.1. The van der Waals surface area contributed by atoms with Crippen molar-refractivity contribution < 1.29 is 9.53 Å². The van der Waals surface area contributed by atoms with Crippen LogP contribution in [0.25, 0.3) is 5.69 Å².